The molecule has 1 heterocycles. The van der Waals surface area contributed by atoms with Crippen LogP contribution in [0, 0.1) is 13.8 Å². The number of benzene rings is 2. The third-order valence-electron chi connectivity index (χ3n) is 3.80. The second-order valence-corrected chi connectivity index (χ2v) is 7.16. The molecule has 1 amide bonds. The van der Waals surface area contributed by atoms with Gasteiger partial charge in [0.25, 0.3) is 5.91 Å². The van der Waals surface area contributed by atoms with Gasteiger partial charge in [-0.15, -0.1) is 0 Å². The van der Waals surface area contributed by atoms with Gasteiger partial charge in [0, 0.05) is 22.7 Å². The van der Waals surface area contributed by atoms with Crippen molar-refractivity contribution in [2.24, 2.45) is 5.10 Å². The highest BCUT2D eigenvalue weighted by molar-refractivity contribution is 7.98. The number of nitrogens with zero attached hydrogens (tertiary/aromatic N) is 3. The number of aromatic nitrogens is 2. The van der Waals surface area contributed by atoms with E-state index in [0.717, 1.165) is 27.9 Å². The van der Waals surface area contributed by atoms with Crippen molar-refractivity contribution in [2.75, 3.05) is 0 Å². The first-order valence-corrected chi connectivity index (χ1v) is 9.64. The van der Waals surface area contributed by atoms with E-state index in [0.29, 0.717) is 11.1 Å². The molecule has 0 aliphatic rings. The summed E-state index contributed by atoms with van der Waals surface area (Å²) in [4.78, 5) is 21.0. The fraction of sp³-hybridized carbons (Fsp3) is 0.143. The minimum Gasteiger partial charge on any atom is -0.508 e. The Morgan fingerprint density at radius 1 is 1.11 bits per heavy atom. The van der Waals surface area contributed by atoms with Crippen LogP contribution in [0.3, 0.4) is 0 Å². The molecule has 0 atom stereocenters. The third-order valence-corrected chi connectivity index (χ3v) is 4.71. The molecular weight excluding hydrogens is 372 g/mol. The number of rotatable bonds is 6. The normalized spacial score (nSPS) is 10.9. The van der Waals surface area contributed by atoms with Crippen LogP contribution in [-0.2, 0) is 5.75 Å². The van der Waals surface area contributed by atoms with Gasteiger partial charge in [0.15, 0.2) is 5.16 Å². The fourth-order valence-electron chi connectivity index (χ4n) is 2.49. The van der Waals surface area contributed by atoms with Crippen LogP contribution in [0.5, 0.6) is 5.75 Å². The van der Waals surface area contributed by atoms with Crippen LogP contribution >= 0.6 is 11.8 Å². The molecule has 28 heavy (non-hydrogen) atoms. The monoisotopic (exact) mass is 392 g/mol. The first-order chi connectivity index (χ1) is 13.5. The van der Waals surface area contributed by atoms with Crippen LogP contribution in [0.2, 0.25) is 0 Å². The van der Waals surface area contributed by atoms with E-state index in [2.05, 4.69) is 20.5 Å². The summed E-state index contributed by atoms with van der Waals surface area (Å²) in [6.45, 7) is 3.91. The molecule has 1 aromatic heterocycles. The maximum atomic E-state index is 12.2. The summed E-state index contributed by atoms with van der Waals surface area (Å²) in [5.41, 5.74) is 6.67. The van der Waals surface area contributed by atoms with Gasteiger partial charge in [0.05, 0.1) is 6.21 Å². The molecule has 0 spiro atoms. The summed E-state index contributed by atoms with van der Waals surface area (Å²) < 4.78 is 0. The number of amides is 1. The number of hydrogen-bond donors (Lipinski definition) is 2. The van der Waals surface area contributed by atoms with E-state index >= 15 is 0 Å². The van der Waals surface area contributed by atoms with Crippen molar-refractivity contribution in [3.8, 4) is 5.75 Å². The number of aryl methyl sites for hydroxylation is 2. The van der Waals surface area contributed by atoms with Gasteiger partial charge in [-0.05, 0) is 55.3 Å². The molecule has 0 saturated carbocycles. The van der Waals surface area contributed by atoms with Gasteiger partial charge in [-0.3, -0.25) is 4.79 Å². The molecule has 0 saturated heterocycles. The van der Waals surface area contributed by atoms with E-state index in [1.165, 1.54) is 6.21 Å². The standard InChI is InChI=1S/C21H20N4O2S/c1-14-10-15(2)24-21(23-14)28-13-16-6-8-18(9-7-16)20(27)25-22-12-17-4-3-5-19(26)11-17/h3-12,26H,13H2,1-2H3,(H,25,27)/b22-12+. The fourth-order valence-corrected chi connectivity index (χ4v) is 3.40. The second kappa shape index (κ2) is 9.14. The molecule has 2 N–H and O–H groups in total. The Bertz CT molecular complexity index is 983. The molecule has 3 aromatic rings. The van der Waals surface area contributed by atoms with Gasteiger partial charge < -0.3 is 5.11 Å². The molecule has 0 aliphatic carbocycles. The second-order valence-electron chi connectivity index (χ2n) is 6.21. The molecule has 6 nitrogen and oxygen atoms in total. The predicted octanol–water partition coefficient (Wildman–Crippen LogP) is 3.86. The number of nitrogens with one attached hydrogen (secondary N) is 1. The lowest BCUT2D eigenvalue weighted by molar-refractivity contribution is 0.0955. The van der Waals surface area contributed by atoms with Crippen LogP contribution < -0.4 is 5.43 Å². The zero-order valence-corrected chi connectivity index (χ0v) is 16.4. The third kappa shape index (κ3) is 5.65. The molecule has 142 valence electrons. The number of phenols is 1. The van der Waals surface area contributed by atoms with Crippen LogP contribution in [-0.4, -0.2) is 27.2 Å². The van der Waals surface area contributed by atoms with Crippen molar-refractivity contribution in [1.29, 1.82) is 0 Å². The number of hydrogen-bond acceptors (Lipinski definition) is 6. The zero-order valence-electron chi connectivity index (χ0n) is 15.6. The molecule has 3 rings (SSSR count). The summed E-state index contributed by atoms with van der Waals surface area (Å²) in [6.07, 6.45) is 1.48. The van der Waals surface area contributed by atoms with E-state index in [4.69, 9.17) is 0 Å². The molecule has 0 unspecified atom stereocenters. The molecular formula is C21H20N4O2S. The van der Waals surface area contributed by atoms with Crippen molar-refractivity contribution in [3.05, 3.63) is 82.7 Å². The predicted molar refractivity (Wildman–Crippen MR) is 111 cm³/mol. The van der Waals surface area contributed by atoms with Crippen molar-refractivity contribution < 1.29 is 9.90 Å². The lowest BCUT2D eigenvalue weighted by Gasteiger charge is -2.05. The molecule has 0 bridgehead atoms. The van der Waals surface area contributed by atoms with Gasteiger partial charge in [0.2, 0.25) is 0 Å². The topological polar surface area (TPSA) is 87.5 Å². The maximum Gasteiger partial charge on any atom is 0.271 e. The lowest BCUT2D eigenvalue weighted by Crippen LogP contribution is -2.17. The number of carbonyl (C=O) groups is 1. The Morgan fingerprint density at radius 3 is 2.50 bits per heavy atom. The van der Waals surface area contributed by atoms with Crippen LogP contribution in [0.25, 0.3) is 0 Å². The van der Waals surface area contributed by atoms with Gasteiger partial charge in [0.1, 0.15) is 5.75 Å². The highest BCUT2D eigenvalue weighted by Crippen LogP contribution is 2.20. The largest absolute Gasteiger partial charge is 0.508 e. The van der Waals surface area contributed by atoms with E-state index < -0.39 is 0 Å². The molecule has 2 aromatic carbocycles. The average Bonchev–Trinajstić information content (AvgIpc) is 2.66. The summed E-state index contributed by atoms with van der Waals surface area (Å²) in [5.74, 6) is 0.573. The molecule has 0 fully saturated rings. The Kier molecular flexibility index (Phi) is 6.39. The van der Waals surface area contributed by atoms with E-state index in [1.807, 2.05) is 32.0 Å². The van der Waals surface area contributed by atoms with Crippen molar-refractivity contribution in [3.63, 3.8) is 0 Å². The van der Waals surface area contributed by atoms with Crippen LogP contribution in [0.15, 0.2) is 64.9 Å². The van der Waals surface area contributed by atoms with Crippen LogP contribution in [0.1, 0.15) is 32.9 Å². The molecule has 0 radical (unpaired) electrons. The van der Waals surface area contributed by atoms with Gasteiger partial charge >= 0.3 is 0 Å². The summed E-state index contributed by atoms with van der Waals surface area (Å²) in [6, 6.07) is 15.9. The summed E-state index contributed by atoms with van der Waals surface area (Å²) in [5, 5.41) is 14.1. The summed E-state index contributed by atoms with van der Waals surface area (Å²) in [7, 11) is 0. The first-order valence-electron chi connectivity index (χ1n) is 8.66. The Labute approximate surface area is 167 Å². The Balaban J connectivity index is 1.55. The summed E-state index contributed by atoms with van der Waals surface area (Å²) >= 11 is 1.56. The highest BCUT2D eigenvalue weighted by Gasteiger charge is 2.06. The zero-order chi connectivity index (χ0) is 19.9. The van der Waals surface area contributed by atoms with Gasteiger partial charge in [-0.2, -0.15) is 5.10 Å². The van der Waals surface area contributed by atoms with Crippen LogP contribution in [0.4, 0.5) is 0 Å². The molecule has 0 aliphatic heterocycles. The minimum atomic E-state index is -0.298. The number of phenolic OH excluding ortho intramolecular Hbond substituents is 1. The smallest absolute Gasteiger partial charge is 0.271 e. The number of aromatic hydroxyl groups is 1. The number of carbonyl (C=O) groups excluding carboxylic acids is 1. The SMILES string of the molecule is Cc1cc(C)nc(SCc2ccc(C(=O)N/N=C/c3cccc(O)c3)cc2)n1. The number of thioether (sulfide) groups is 1. The highest BCUT2D eigenvalue weighted by atomic mass is 32.2. The van der Waals surface area contributed by atoms with E-state index in [-0.39, 0.29) is 11.7 Å². The van der Waals surface area contributed by atoms with E-state index in [9.17, 15) is 9.90 Å². The van der Waals surface area contributed by atoms with Crippen molar-refractivity contribution in [1.82, 2.24) is 15.4 Å². The Hall–Kier alpha value is -3.19. The number of hydrazone groups is 1. The quantitative estimate of drug-likeness (QED) is 0.288. The Morgan fingerprint density at radius 2 is 1.82 bits per heavy atom. The van der Waals surface area contributed by atoms with Gasteiger partial charge in [-0.1, -0.05) is 36.0 Å². The minimum absolute atomic E-state index is 0.148. The maximum absolute atomic E-state index is 12.2. The lowest BCUT2D eigenvalue weighted by atomic mass is 10.1. The van der Waals surface area contributed by atoms with Crippen molar-refractivity contribution in [2.45, 2.75) is 24.8 Å². The van der Waals surface area contributed by atoms with Gasteiger partial charge in [-0.25, -0.2) is 15.4 Å². The molecule has 7 heteroatoms. The van der Waals surface area contributed by atoms with E-state index in [1.54, 1.807) is 48.2 Å². The first kappa shape index (κ1) is 19.6. The average molecular weight is 392 g/mol. The van der Waals surface area contributed by atoms with Crippen molar-refractivity contribution >= 4 is 23.9 Å².